The highest BCUT2D eigenvalue weighted by Crippen LogP contribution is 2.18. The van der Waals surface area contributed by atoms with Gasteiger partial charge in [0.2, 0.25) is 0 Å². The number of halogens is 3. The van der Waals surface area contributed by atoms with E-state index in [4.69, 9.17) is 0 Å². The van der Waals surface area contributed by atoms with E-state index < -0.39 is 12.3 Å². The first-order valence-corrected chi connectivity index (χ1v) is 1.67. The Bertz CT molecular complexity index is 55.7. The Balaban J connectivity index is 3.54. The van der Waals surface area contributed by atoms with Crippen molar-refractivity contribution in [2.24, 2.45) is 0 Å². The van der Waals surface area contributed by atoms with Gasteiger partial charge in [0.1, 0.15) is 0 Å². The molecule has 0 saturated carbocycles. The molecule has 0 aliphatic carbocycles. The van der Waals surface area contributed by atoms with E-state index in [0.717, 1.165) is 0 Å². The molecule has 1 nitrogen and oxygen atoms in total. The zero-order chi connectivity index (χ0) is 6.08. The molecule has 0 aromatic heterocycles. The lowest BCUT2D eigenvalue weighted by Gasteiger charge is -2.04. The van der Waals surface area contributed by atoms with Crippen molar-refractivity contribution in [2.45, 2.75) is 19.2 Å². The molecule has 7 heavy (non-hydrogen) atoms. The van der Waals surface area contributed by atoms with Crippen molar-refractivity contribution in [3.8, 4) is 0 Å². The molecule has 0 saturated heterocycles. The summed E-state index contributed by atoms with van der Waals surface area (Å²) in [6.45, 7) is 0.569. The van der Waals surface area contributed by atoms with Crippen LogP contribution >= 0.6 is 0 Å². The summed E-state index contributed by atoms with van der Waals surface area (Å²) < 4.78 is 32.6. The highest BCUT2D eigenvalue weighted by Gasteiger charge is 2.35. The molecule has 0 heterocycles. The zero-order valence-corrected chi connectivity index (χ0v) is 3.62. The predicted octanol–water partition coefficient (Wildman–Crippen LogP) is 1.37. The predicted molar refractivity (Wildman–Crippen MR) is 16.2 cm³/mol. The zero-order valence-electron chi connectivity index (χ0n) is 3.62. The maximum atomic E-state index is 10.9. The molecule has 0 spiro atoms. The third kappa shape index (κ3) is 2.45. The van der Waals surface area contributed by atoms with Crippen LogP contribution in [0.25, 0.3) is 0 Å². The van der Waals surface area contributed by atoms with E-state index in [9.17, 15) is 18.3 Å². The molecule has 1 radical (unpaired) electrons. The van der Waals surface area contributed by atoms with Gasteiger partial charge in [0.05, 0.1) is 0 Å². The highest BCUT2D eigenvalue weighted by molar-refractivity contribution is 4.55. The van der Waals surface area contributed by atoms with Crippen LogP contribution in [-0.4, -0.2) is 12.3 Å². The lowest BCUT2D eigenvalue weighted by Crippen LogP contribution is -2.23. The van der Waals surface area contributed by atoms with Crippen LogP contribution in [0.15, 0.2) is 0 Å². The lowest BCUT2D eigenvalue weighted by molar-refractivity contribution is -0.214. The molecule has 4 heteroatoms. The lowest BCUT2D eigenvalue weighted by atomic mass is 10.4. The van der Waals surface area contributed by atoms with Crippen molar-refractivity contribution in [2.75, 3.05) is 0 Å². The monoisotopic (exact) mass is 113 g/mol. The minimum Gasteiger partial charge on any atom is -0.223 e. The SMILES string of the molecule is CC([O])C(F)(F)F. The Hall–Kier alpha value is -0.250. The van der Waals surface area contributed by atoms with Gasteiger partial charge in [0.15, 0.2) is 6.10 Å². The second-order valence-corrected chi connectivity index (χ2v) is 1.18. The molecule has 0 aromatic rings. The molecular weight excluding hydrogens is 109 g/mol. The summed E-state index contributed by atoms with van der Waals surface area (Å²) in [5, 5.41) is 9.42. The molecular formula is C3H4F3O. The van der Waals surface area contributed by atoms with Gasteiger partial charge >= 0.3 is 6.18 Å². The van der Waals surface area contributed by atoms with Crippen molar-refractivity contribution in [1.29, 1.82) is 0 Å². The summed E-state index contributed by atoms with van der Waals surface area (Å²) in [4.78, 5) is 0. The fourth-order valence-corrected chi connectivity index (χ4v) is 0. The Morgan fingerprint density at radius 3 is 1.57 bits per heavy atom. The largest absolute Gasteiger partial charge is 0.417 e. The maximum absolute atomic E-state index is 10.9. The minimum absolute atomic E-state index is 0.569. The molecule has 43 valence electrons. The molecule has 0 fully saturated rings. The Morgan fingerprint density at radius 2 is 1.57 bits per heavy atom. The number of hydrogen-bond donors (Lipinski definition) is 0. The molecule has 0 aromatic carbocycles. The first-order chi connectivity index (χ1) is 2.94. The fourth-order valence-electron chi connectivity index (χ4n) is 0. The minimum atomic E-state index is -4.56. The highest BCUT2D eigenvalue weighted by atomic mass is 19.4. The van der Waals surface area contributed by atoms with E-state index in [2.05, 4.69) is 0 Å². The van der Waals surface area contributed by atoms with Gasteiger partial charge in [-0.3, -0.25) is 0 Å². The molecule has 0 aliphatic rings. The van der Waals surface area contributed by atoms with E-state index in [1.165, 1.54) is 0 Å². The third-order valence-electron chi connectivity index (χ3n) is 0.461. The molecule has 0 rings (SSSR count). The van der Waals surface area contributed by atoms with Gasteiger partial charge in [-0.2, -0.15) is 13.2 Å². The number of hydrogen-bond acceptors (Lipinski definition) is 0. The average molecular weight is 113 g/mol. The standard InChI is InChI=1S/C3H4F3O/c1-2(7)3(4,5)6/h2H,1H3. The van der Waals surface area contributed by atoms with Crippen molar-refractivity contribution in [1.82, 2.24) is 0 Å². The first kappa shape index (κ1) is 6.75. The molecule has 0 aliphatic heterocycles. The van der Waals surface area contributed by atoms with Crippen molar-refractivity contribution in [3.05, 3.63) is 0 Å². The third-order valence-corrected chi connectivity index (χ3v) is 0.461. The topological polar surface area (TPSA) is 19.9 Å². The van der Waals surface area contributed by atoms with Crippen LogP contribution in [-0.2, 0) is 5.11 Å². The second-order valence-electron chi connectivity index (χ2n) is 1.18. The van der Waals surface area contributed by atoms with Gasteiger partial charge in [0, 0.05) is 0 Å². The van der Waals surface area contributed by atoms with Crippen LogP contribution in [0.2, 0.25) is 0 Å². The van der Waals surface area contributed by atoms with Crippen LogP contribution in [0.4, 0.5) is 13.2 Å². The summed E-state index contributed by atoms with van der Waals surface area (Å²) in [6.07, 6.45) is -7.01. The van der Waals surface area contributed by atoms with Crippen LogP contribution in [0.3, 0.4) is 0 Å². The molecule has 0 amide bonds. The van der Waals surface area contributed by atoms with Crippen LogP contribution in [0, 0.1) is 0 Å². The van der Waals surface area contributed by atoms with E-state index in [-0.39, 0.29) is 0 Å². The first-order valence-electron chi connectivity index (χ1n) is 1.67. The van der Waals surface area contributed by atoms with E-state index >= 15 is 0 Å². The number of alkyl halides is 3. The average Bonchev–Trinajstić information content (AvgIpc) is 1.31. The maximum Gasteiger partial charge on any atom is 0.417 e. The van der Waals surface area contributed by atoms with Crippen molar-refractivity contribution in [3.63, 3.8) is 0 Å². The summed E-state index contributed by atoms with van der Waals surface area (Å²) in [5.74, 6) is 0. The summed E-state index contributed by atoms with van der Waals surface area (Å²) >= 11 is 0. The van der Waals surface area contributed by atoms with Gasteiger partial charge in [0.25, 0.3) is 0 Å². The smallest absolute Gasteiger partial charge is 0.223 e. The number of rotatable bonds is 0. The molecule has 0 N–H and O–H groups in total. The van der Waals surface area contributed by atoms with Gasteiger partial charge in [-0.15, -0.1) is 0 Å². The van der Waals surface area contributed by atoms with E-state index in [0.29, 0.717) is 6.92 Å². The van der Waals surface area contributed by atoms with E-state index in [1.807, 2.05) is 0 Å². The van der Waals surface area contributed by atoms with Crippen molar-refractivity contribution >= 4 is 0 Å². The van der Waals surface area contributed by atoms with Gasteiger partial charge < -0.3 is 0 Å². The van der Waals surface area contributed by atoms with Gasteiger partial charge in [-0.1, -0.05) is 0 Å². The van der Waals surface area contributed by atoms with Crippen molar-refractivity contribution < 1.29 is 18.3 Å². The fraction of sp³-hybridized carbons (Fsp3) is 1.00. The molecule has 1 atom stereocenters. The Kier molecular flexibility index (Phi) is 1.63. The van der Waals surface area contributed by atoms with Gasteiger partial charge in [-0.25, -0.2) is 5.11 Å². The van der Waals surface area contributed by atoms with E-state index in [1.54, 1.807) is 0 Å². The van der Waals surface area contributed by atoms with Crippen LogP contribution in [0.1, 0.15) is 6.92 Å². The Morgan fingerprint density at radius 1 is 1.43 bits per heavy atom. The van der Waals surface area contributed by atoms with Gasteiger partial charge in [-0.05, 0) is 6.92 Å². The molecule has 0 bridgehead atoms. The quantitative estimate of drug-likeness (QED) is 0.452. The second kappa shape index (κ2) is 1.69. The van der Waals surface area contributed by atoms with Crippen LogP contribution < -0.4 is 0 Å². The molecule has 1 unspecified atom stereocenters. The Labute approximate surface area is 38.8 Å². The summed E-state index contributed by atoms with van der Waals surface area (Å²) in [5.41, 5.74) is 0. The summed E-state index contributed by atoms with van der Waals surface area (Å²) in [7, 11) is 0. The van der Waals surface area contributed by atoms with Crippen LogP contribution in [0.5, 0.6) is 0 Å². The summed E-state index contributed by atoms with van der Waals surface area (Å²) in [6, 6.07) is 0. The normalized spacial score (nSPS) is 16.7.